The molecule has 0 fully saturated rings. The molecule has 0 heterocycles. The second kappa shape index (κ2) is 14.6. The number of guanidine groups is 1. The van der Waals surface area contributed by atoms with Gasteiger partial charge in [0, 0.05) is 57.6 Å². The Hall–Kier alpha value is -2.33. The molecule has 2 aromatic carbocycles. The number of nitrogens with one attached hydrogen (secondary N) is 3. The Balaban J connectivity index is 0.00000450. The Bertz CT molecular complexity index is 814. The molecule has 0 atom stereocenters. The van der Waals surface area contributed by atoms with Gasteiger partial charge in [-0.05, 0) is 31.2 Å². The minimum absolute atomic E-state index is 0. The van der Waals surface area contributed by atoms with Gasteiger partial charge in [0.2, 0.25) is 0 Å². The second-order valence-corrected chi connectivity index (χ2v) is 6.47. The van der Waals surface area contributed by atoms with Crippen molar-refractivity contribution in [2.45, 2.75) is 13.3 Å². The van der Waals surface area contributed by atoms with Crippen molar-refractivity contribution < 1.29 is 14.3 Å². The number of hydrogen-bond donors (Lipinski definition) is 3. The van der Waals surface area contributed by atoms with E-state index in [-0.39, 0.29) is 29.9 Å². The first-order valence-corrected chi connectivity index (χ1v) is 9.66. The lowest BCUT2D eigenvalue weighted by Gasteiger charge is -2.13. The molecular formula is C22H31IN4O3. The molecule has 164 valence electrons. The number of aryl methyl sites for hydroxylation is 1. The van der Waals surface area contributed by atoms with Crippen LogP contribution in [0.15, 0.2) is 53.5 Å². The van der Waals surface area contributed by atoms with Gasteiger partial charge >= 0.3 is 0 Å². The summed E-state index contributed by atoms with van der Waals surface area (Å²) in [4.78, 5) is 16.4. The average molecular weight is 526 g/mol. The van der Waals surface area contributed by atoms with Crippen molar-refractivity contribution >= 4 is 41.5 Å². The smallest absolute Gasteiger partial charge is 0.251 e. The summed E-state index contributed by atoms with van der Waals surface area (Å²) in [5.41, 5.74) is 2.59. The van der Waals surface area contributed by atoms with E-state index in [4.69, 9.17) is 9.47 Å². The highest BCUT2D eigenvalue weighted by atomic mass is 127. The van der Waals surface area contributed by atoms with Gasteiger partial charge in [0.15, 0.2) is 5.96 Å². The van der Waals surface area contributed by atoms with E-state index < -0.39 is 0 Å². The van der Waals surface area contributed by atoms with Crippen molar-refractivity contribution in [3.05, 3.63) is 59.7 Å². The molecule has 2 rings (SSSR count). The molecular weight excluding hydrogens is 495 g/mol. The fraction of sp³-hybridized carbons (Fsp3) is 0.364. The zero-order valence-corrected chi connectivity index (χ0v) is 20.1. The third-order valence-corrected chi connectivity index (χ3v) is 4.07. The number of rotatable bonds is 10. The zero-order chi connectivity index (χ0) is 20.9. The number of amides is 1. The fourth-order valence-electron chi connectivity index (χ4n) is 2.62. The molecule has 7 nitrogen and oxygen atoms in total. The van der Waals surface area contributed by atoms with Crippen molar-refractivity contribution in [2.24, 2.45) is 4.99 Å². The van der Waals surface area contributed by atoms with Crippen LogP contribution in [0.3, 0.4) is 0 Å². The van der Waals surface area contributed by atoms with Gasteiger partial charge in [-0.3, -0.25) is 9.79 Å². The van der Waals surface area contributed by atoms with E-state index >= 15 is 0 Å². The molecule has 0 aliphatic rings. The van der Waals surface area contributed by atoms with Gasteiger partial charge in [0.05, 0.1) is 6.61 Å². The van der Waals surface area contributed by atoms with Crippen molar-refractivity contribution in [1.82, 2.24) is 10.6 Å². The Kier molecular flexibility index (Phi) is 12.5. The SMILES string of the molecule is CN=C(NCCNC(=O)c1cccc(C)c1)Nc1cccc(OCCCOC)c1.I. The summed E-state index contributed by atoms with van der Waals surface area (Å²) in [6.45, 7) is 4.27. The maximum atomic E-state index is 12.2. The molecule has 30 heavy (non-hydrogen) atoms. The quantitative estimate of drug-likeness (QED) is 0.191. The molecule has 1 amide bonds. The van der Waals surface area contributed by atoms with Crippen molar-refractivity contribution in [3.8, 4) is 5.75 Å². The van der Waals surface area contributed by atoms with Crippen LogP contribution in [0.5, 0.6) is 5.75 Å². The molecule has 2 aromatic rings. The van der Waals surface area contributed by atoms with E-state index in [0.717, 1.165) is 23.4 Å². The molecule has 0 aliphatic carbocycles. The minimum atomic E-state index is -0.0863. The molecule has 8 heteroatoms. The first-order chi connectivity index (χ1) is 14.1. The van der Waals surface area contributed by atoms with E-state index in [9.17, 15) is 4.79 Å². The van der Waals surface area contributed by atoms with Gasteiger partial charge < -0.3 is 25.4 Å². The summed E-state index contributed by atoms with van der Waals surface area (Å²) in [6, 6.07) is 15.2. The zero-order valence-electron chi connectivity index (χ0n) is 17.7. The van der Waals surface area contributed by atoms with Gasteiger partial charge in [-0.15, -0.1) is 24.0 Å². The van der Waals surface area contributed by atoms with E-state index in [1.807, 2.05) is 49.4 Å². The number of anilines is 1. The standard InChI is InChI=1S/C22H30N4O3.HI/c1-17-7-4-8-18(15-17)21(27)24-11-12-25-22(23-2)26-19-9-5-10-20(16-19)29-14-6-13-28-3;/h4-5,7-10,15-16H,6,11-14H2,1-3H3,(H,24,27)(H2,23,25,26);1H. The molecule has 3 N–H and O–H groups in total. The van der Waals surface area contributed by atoms with Gasteiger partial charge in [0.25, 0.3) is 5.91 Å². The third kappa shape index (κ3) is 9.45. The van der Waals surface area contributed by atoms with Crippen LogP contribution in [0.1, 0.15) is 22.3 Å². The minimum Gasteiger partial charge on any atom is -0.493 e. The number of hydrogen-bond acceptors (Lipinski definition) is 4. The Morgan fingerprint density at radius 1 is 1.03 bits per heavy atom. The second-order valence-electron chi connectivity index (χ2n) is 6.47. The van der Waals surface area contributed by atoms with E-state index in [0.29, 0.717) is 37.8 Å². The fourth-order valence-corrected chi connectivity index (χ4v) is 2.62. The number of halogens is 1. The number of methoxy groups -OCH3 is 1. The molecule has 0 saturated heterocycles. The average Bonchev–Trinajstić information content (AvgIpc) is 2.73. The van der Waals surface area contributed by atoms with Crippen LogP contribution in [-0.4, -0.2) is 52.3 Å². The normalized spacial score (nSPS) is 10.7. The van der Waals surface area contributed by atoms with Crippen LogP contribution in [0, 0.1) is 6.92 Å². The van der Waals surface area contributed by atoms with Crippen LogP contribution in [0.4, 0.5) is 5.69 Å². The molecule has 0 aromatic heterocycles. The van der Waals surface area contributed by atoms with E-state index in [2.05, 4.69) is 20.9 Å². The van der Waals surface area contributed by atoms with Gasteiger partial charge in [0.1, 0.15) is 5.75 Å². The first kappa shape index (κ1) is 25.7. The Labute approximate surface area is 195 Å². The third-order valence-electron chi connectivity index (χ3n) is 4.07. The topological polar surface area (TPSA) is 84.0 Å². The van der Waals surface area contributed by atoms with Crippen LogP contribution in [0.2, 0.25) is 0 Å². The summed E-state index contributed by atoms with van der Waals surface area (Å²) in [5.74, 6) is 1.31. The highest BCUT2D eigenvalue weighted by molar-refractivity contribution is 14.0. The lowest BCUT2D eigenvalue weighted by molar-refractivity contribution is 0.0954. The Morgan fingerprint density at radius 2 is 1.80 bits per heavy atom. The van der Waals surface area contributed by atoms with Gasteiger partial charge in [-0.2, -0.15) is 0 Å². The first-order valence-electron chi connectivity index (χ1n) is 9.66. The van der Waals surface area contributed by atoms with Gasteiger partial charge in [-0.25, -0.2) is 0 Å². The highest BCUT2D eigenvalue weighted by Gasteiger charge is 2.05. The van der Waals surface area contributed by atoms with Crippen molar-refractivity contribution in [2.75, 3.05) is 45.8 Å². The summed E-state index contributed by atoms with van der Waals surface area (Å²) in [7, 11) is 3.38. The predicted molar refractivity (Wildman–Crippen MR) is 132 cm³/mol. The van der Waals surface area contributed by atoms with Crippen LogP contribution >= 0.6 is 24.0 Å². The summed E-state index contributed by atoms with van der Waals surface area (Å²) in [6.07, 6.45) is 0.839. The monoisotopic (exact) mass is 526 g/mol. The van der Waals surface area contributed by atoms with Crippen molar-refractivity contribution in [1.29, 1.82) is 0 Å². The molecule has 0 aliphatic heterocycles. The number of carbonyl (C=O) groups is 1. The molecule has 0 bridgehead atoms. The van der Waals surface area contributed by atoms with Crippen LogP contribution in [-0.2, 0) is 4.74 Å². The summed E-state index contributed by atoms with van der Waals surface area (Å²) >= 11 is 0. The van der Waals surface area contributed by atoms with Crippen LogP contribution < -0.4 is 20.7 Å². The number of nitrogens with zero attached hydrogens (tertiary/aromatic N) is 1. The highest BCUT2D eigenvalue weighted by Crippen LogP contribution is 2.17. The molecule has 0 saturated carbocycles. The number of aliphatic imine (C=N–C) groups is 1. The maximum absolute atomic E-state index is 12.2. The number of ether oxygens (including phenoxy) is 2. The lowest BCUT2D eigenvalue weighted by Crippen LogP contribution is -2.37. The van der Waals surface area contributed by atoms with Gasteiger partial charge in [-0.1, -0.05) is 23.8 Å². The molecule has 0 unspecified atom stereocenters. The number of carbonyl (C=O) groups excluding carboxylic acids is 1. The largest absolute Gasteiger partial charge is 0.493 e. The Morgan fingerprint density at radius 3 is 2.53 bits per heavy atom. The predicted octanol–water partition coefficient (Wildman–Crippen LogP) is 3.45. The lowest BCUT2D eigenvalue weighted by atomic mass is 10.1. The van der Waals surface area contributed by atoms with Crippen molar-refractivity contribution in [3.63, 3.8) is 0 Å². The van der Waals surface area contributed by atoms with E-state index in [1.54, 1.807) is 20.2 Å². The summed E-state index contributed by atoms with van der Waals surface area (Å²) in [5, 5.41) is 9.30. The molecule has 0 radical (unpaired) electrons. The number of benzene rings is 2. The molecule has 0 spiro atoms. The maximum Gasteiger partial charge on any atom is 0.251 e. The summed E-state index contributed by atoms with van der Waals surface area (Å²) < 4.78 is 10.7. The van der Waals surface area contributed by atoms with E-state index in [1.165, 1.54) is 0 Å². The van der Waals surface area contributed by atoms with Crippen LogP contribution in [0.25, 0.3) is 0 Å².